The molecule has 124 valence electrons. The van der Waals surface area contributed by atoms with Gasteiger partial charge in [-0.25, -0.2) is 0 Å². The summed E-state index contributed by atoms with van der Waals surface area (Å²) in [4.78, 5) is 0. The highest BCUT2D eigenvalue weighted by molar-refractivity contribution is 6.30. The van der Waals surface area contributed by atoms with E-state index in [9.17, 15) is 0 Å². The second-order valence-corrected chi connectivity index (χ2v) is 6.73. The molecule has 2 aromatic rings. The van der Waals surface area contributed by atoms with Gasteiger partial charge in [0.25, 0.3) is 0 Å². The molecule has 0 bridgehead atoms. The number of hydrogen-bond acceptors (Lipinski definition) is 3. The standard InChI is InChI=1S/C20H20ClNO2/c1-23-18-8-4-7-15(20(18)24-2)19-14-6-3-5-13(14)16-11-12(21)9-10-17(16)22-19/h3-5,7-11,13-14,19,22H,6H2,1-2H3/t13-,14+,19+/m0/s1. The fourth-order valence-corrected chi connectivity index (χ4v) is 4.21. The molecule has 3 atom stereocenters. The molecular formula is C20H20ClNO2. The minimum atomic E-state index is 0.170. The zero-order valence-electron chi connectivity index (χ0n) is 13.8. The molecule has 1 N–H and O–H groups in total. The molecule has 0 saturated heterocycles. The lowest BCUT2D eigenvalue weighted by Crippen LogP contribution is -2.29. The summed E-state index contributed by atoms with van der Waals surface area (Å²) in [6.07, 6.45) is 5.61. The summed E-state index contributed by atoms with van der Waals surface area (Å²) in [5.74, 6) is 2.39. The zero-order chi connectivity index (χ0) is 16.7. The third kappa shape index (κ3) is 2.35. The summed E-state index contributed by atoms with van der Waals surface area (Å²) in [6.45, 7) is 0. The van der Waals surface area contributed by atoms with Crippen molar-refractivity contribution in [1.29, 1.82) is 0 Å². The average molecular weight is 342 g/mol. The number of ether oxygens (including phenoxy) is 2. The van der Waals surface area contributed by atoms with E-state index in [0.29, 0.717) is 11.8 Å². The number of rotatable bonds is 3. The highest BCUT2D eigenvalue weighted by atomic mass is 35.5. The quantitative estimate of drug-likeness (QED) is 0.780. The molecular weight excluding hydrogens is 322 g/mol. The van der Waals surface area contributed by atoms with Crippen LogP contribution in [0.3, 0.4) is 0 Å². The van der Waals surface area contributed by atoms with Gasteiger partial charge in [0.2, 0.25) is 0 Å². The maximum atomic E-state index is 6.22. The molecule has 0 radical (unpaired) electrons. The van der Waals surface area contributed by atoms with Crippen LogP contribution in [0.15, 0.2) is 48.6 Å². The molecule has 24 heavy (non-hydrogen) atoms. The lowest BCUT2D eigenvalue weighted by atomic mass is 9.77. The Labute approximate surface area is 147 Å². The Balaban J connectivity index is 1.82. The van der Waals surface area contributed by atoms with E-state index < -0.39 is 0 Å². The van der Waals surface area contributed by atoms with Gasteiger partial charge in [-0.3, -0.25) is 0 Å². The topological polar surface area (TPSA) is 30.5 Å². The molecule has 2 aliphatic rings. The highest BCUT2D eigenvalue weighted by Gasteiger charge is 2.39. The molecule has 0 spiro atoms. The molecule has 1 aliphatic carbocycles. The lowest BCUT2D eigenvalue weighted by molar-refractivity contribution is 0.341. The third-order valence-corrected chi connectivity index (χ3v) is 5.33. The lowest BCUT2D eigenvalue weighted by Gasteiger charge is -2.38. The van der Waals surface area contributed by atoms with Gasteiger partial charge in [0.15, 0.2) is 11.5 Å². The smallest absolute Gasteiger partial charge is 0.165 e. The van der Waals surface area contributed by atoms with E-state index in [1.807, 2.05) is 18.2 Å². The molecule has 1 heterocycles. The summed E-state index contributed by atoms with van der Waals surface area (Å²) in [7, 11) is 3.37. The van der Waals surface area contributed by atoms with E-state index in [-0.39, 0.29) is 6.04 Å². The Morgan fingerprint density at radius 1 is 1.08 bits per heavy atom. The third-order valence-electron chi connectivity index (χ3n) is 5.09. The number of methoxy groups -OCH3 is 2. The predicted molar refractivity (Wildman–Crippen MR) is 97.3 cm³/mol. The second kappa shape index (κ2) is 6.06. The van der Waals surface area contributed by atoms with Crippen LogP contribution in [0.5, 0.6) is 11.5 Å². The first kappa shape index (κ1) is 15.4. The fraction of sp³-hybridized carbons (Fsp3) is 0.300. The van der Waals surface area contributed by atoms with Gasteiger partial charge in [-0.15, -0.1) is 0 Å². The minimum absolute atomic E-state index is 0.170. The maximum Gasteiger partial charge on any atom is 0.165 e. The molecule has 4 rings (SSSR count). The van der Waals surface area contributed by atoms with Gasteiger partial charge in [0.05, 0.1) is 20.3 Å². The number of fused-ring (bicyclic) bond motifs is 3. The summed E-state index contributed by atoms with van der Waals surface area (Å²) in [5.41, 5.74) is 3.55. The molecule has 0 fully saturated rings. The zero-order valence-corrected chi connectivity index (χ0v) is 14.5. The molecule has 2 aromatic carbocycles. The van der Waals surface area contributed by atoms with Gasteiger partial charge >= 0.3 is 0 Å². The van der Waals surface area contributed by atoms with Gasteiger partial charge < -0.3 is 14.8 Å². The van der Waals surface area contributed by atoms with Crippen LogP contribution in [0.25, 0.3) is 0 Å². The Hall–Kier alpha value is -2.13. The summed E-state index contributed by atoms with van der Waals surface area (Å²) >= 11 is 6.22. The van der Waals surface area contributed by atoms with Gasteiger partial charge in [-0.05, 0) is 42.2 Å². The molecule has 0 saturated carbocycles. The summed E-state index contributed by atoms with van der Waals surface area (Å²) < 4.78 is 11.1. The molecule has 0 amide bonds. The molecule has 0 aromatic heterocycles. The van der Waals surface area contributed by atoms with E-state index in [1.165, 1.54) is 5.56 Å². The van der Waals surface area contributed by atoms with Crippen LogP contribution < -0.4 is 14.8 Å². The van der Waals surface area contributed by atoms with Gasteiger partial charge in [0, 0.05) is 22.2 Å². The van der Waals surface area contributed by atoms with Crippen molar-refractivity contribution in [2.45, 2.75) is 18.4 Å². The number of hydrogen-bond donors (Lipinski definition) is 1. The van der Waals surface area contributed by atoms with Gasteiger partial charge in [-0.2, -0.15) is 0 Å². The Kier molecular flexibility index (Phi) is 3.89. The second-order valence-electron chi connectivity index (χ2n) is 6.29. The van der Waals surface area contributed by atoms with E-state index in [4.69, 9.17) is 21.1 Å². The molecule has 0 unspecified atom stereocenters. The Morgan fingerprint density at radius 2 is 1.96 bits per heavy atom. The van der Waals surface area contributed by atoms with E-state index >= 15 is 0 Å². The van der Waals surface area contributed by atoms with Crippen LogP contribution in [0.4, 0.5) is 5.69 Å². The van der Waals surface area contributed by atoms with Crippen LogP contribution in [0, 0.1) is 5.92 Å². The fourth-order valence-electron chi connectivity index (χ4n) is 4.03. The summed E-state index contributed by atoms with van der Waals surface area (Å²) in [5, 5.41) is 4.49. The first-order chi connectivity index (χ1) is 11.7. The first-order valence-corrected chi connectivity index (χ1v) is 8.54. The minimum Gasteiger partial charge on any atom is -0.493 e. The largest absolute Gasteiger partial charge is 0.493 e. The number of allylic oxidation sites excluding steroid dienone is 2. The van der Waals surface area contributed by atoms with E-state index in [0.717, 1.165) is 34.2 Å². The van der Waals surface area contributed by atoms with Crippen LogP contribution in [-0.2, 0) is 0 Å². The van der Waals surface area contributed by atoms with E-state index in [1.54, 1.807) is 14.2 Å². The van der Waals surface area contributed by atoms with Crippen molar-refractivity contribution in [1.82, 2.24) is 0 Å². The normalized spacial score (nSPS) is 24.0. The summed E-state index contributed by atoms with van der Waals surface area (Å²) in [6, 6.07) is 12.3. The number of halogens is 1. The molecule has 4 heteroatoms. The van der Waals surface area contributed by atoms with Crippen LogP contribution in [-0.4, -0.2) is 14.2 Å². The molecule has 1 aliphatic heterocycles. The highest BCUT2D eigenvalue weighted by Crippen LogP contribution is 2.52. The Morgan fingerprint density at radius 3 is 2.75 bits per heavy atom. The van der Waals surface area contributed by atoms with E-state index in [2.05, 4.69) is 35.7 Å². The van der Waals surface area contributed by atoms with Crippen LogP contribution in [0.1, 0.15) is 29.5 Å². The average Bonchev–Trinajstić information content (AvgIpc) is 3.10. The number of anilines is 1. The maximum absolute atomic E-state index is 6.22. The number of benzene rings is 2. The molecule has 3 nitrogen and oxygen atoms in total. The van der Waals surface area contributed by atoms with Crippen molar-refractivity contribution in [3.8, 4) is 11.5 Å². The predicted octanol–water partition coefficient (Wildman–Crippen LogP) is 5.18. The van der Waals surface area contributed by atoms with Crippen molar-refractivity contribution in [3.63, 3.8) is 0 Å². The Bertz CT molecular complexity index is 802. The van der Waals surface area contributed by atoms with Crippen molar-refractivity contribution >= 4 is 17.3 Å². The number of nitrogens with one attached hydrogen (secondary N) is 1. The SMILES string of the molecule is COc1cccc([C@@H]2Nc3ccc(Cl)cc3[C@H]3C=CC[C@H]32)c1OC. The van der Waals surface area contributed by atoms with Crippen molar-refractivity contribution in [3.05, 3.63) is 64.7 Å². The van der Waals surface area contributed by atoms with Gasteiger partial charge in [-0.1, -0.05) is 35.9 Å². The van der Waals surface area contributed by atoms with Gasteiger partial charge in [0.1, 0.15) is 0 Å². The number of para-hydroxylation sites is 1. The first-order valence-electron chi connectivity index (χ1n) is 8.16. The van der Waals surface area contributed by atoms with Crippen molar-refractivity contribution in [2.75, 3.05) is 19.5 Å². The van der Waals surface area contributed by atoms with Crippen molar-refractivity contribution in [2.24, 2.45) is 5.92 Å². The van der Waals surface area contributed by atoms with Crippen LogP contribution in [0.2, 0.25) is 5.02 Å². The van der Waals surface area contributed by atoms with Crippen molar-refractivity contribution < 1.29 is 9.47 Å². The monoisotopic (exact) mass is 341 g/mol. The van der Waals surface area contributed by atoms with Crippen LogP contribution >= 0.6 is 11.6 Å².